The summed E-state index contributed by atoms with van der Waals surface area (Å²) in [5, 5.41) is 3.59. The maximum atomic E-state index is 14.2. The van der Waals surface area contributed by atoms with Crippen molar-refractivity contribution >= 4 is 34.9 Å². The van der Waals surface area contributed by atoms with Crippen LogP contribution in [-0.2, 0) is 23.8 Å². The Kier molecular flexibility index (Phi) is 9.11. The van der Waals surface area contributed by atoms with E-state index in [0.717, 1.165) is 29.4 Å². The molecule has 12 heteroatoms. The molecule has 3 atom stereocenters. The van der Waals surface area contributed by atoms with Crippen molar-refractivity contribution in [1.82, 2.24) is 15.2 Å². The number of benzene rings is 1. The Morgan fingerprint density at radius 3 is 2.35 bits per heavy atom. The van der Waals surface area contributed by atoms with Gasteiger partial charge in [-0.2, -0.15) is 0 Å². The molecule has 6 rings (SSSR count). The first kappa shape index (κ1) is 34.9. The predicted octanol–water partition coefficient (Wildman–Crippen LogP) is 4.88. The third-order valence-electron chi connectivity index (χ3n) is 10.8. The van der Waals surface area contributed by atoms with Crippen LogP contribution in [0.5, 0.6) is 11.5 Å². The third kappa shape index (κ3) is 6.81. The number of nitrogens with zero attached hydrogens (tertiary/aromatic N) is 2. The molecule has 12 nitrogen and oxygen atoms in total. The number of aromatic nitrogens is 1. The predicted molar refractivity (Wildman–Crippen MR) is 183 cm³/mol. The van der Waals surface area contributed by atoms with E-state index in [9.17, 15) is 14.4 Å². The van der Waals surface area contributed by atoms with Gasteiger partial charge in [0.25, 0.3) is 0 Å². The number of rotatable bonds is 12. The molecule has 1 aliphatic heterocycles. The maximum Gasteiger partial charge on any atom is 0.408 e. The quantitative estimate of drug-likeness (QED) is 0.299. The van der Waals surface area contributed by atoms with Crippen molar-refractivity contribution in [3.63, 3.8) is 0 Å². The second kappa shape index (κ2) is 12.8. The van der Waals surface area contributed by atoms with Crippen molar-refractivity contribution in [3.05, 3.63) is 35.0 Å². The lowest BCUT2D eigenvalue weighted by Crippen LogP contribution is -2.57. The first-order valence-corrected chi connectivity index (χ1v) is 17.1. The summed E-state index contributed by atoms with van der Waals surface area (Å²) in [6.07, 6.45) is 4.67. The van der Waals surface area contributed by atoms with Gasteiger partial charge in [0.15, 0.2) is 6.29 Å². The highest BCUT2D eigenvalue weighted by atomic mass is 16.7. The normalized spacial score (nSPS) is 27.3. The van der Waals surface area contributed by atoms with E-state index >= 15 is 0 Å². The number of hydrogen-bond donors (Lipinski definition) is 2. The number of aryl methyl sites for hydroxylation is 1. The van der Waals surface area contributed by atoms with Gasteiger partial charge in [0.2, 0.25) is 11.8 Å². The number of primary amides is 1. The van der Waals surface area contributed by atoms with Gasteiger partial charge in [-0.15, -0.1) is 0 Å². The zero-order valence-electron chi connectivity index (χ0n) is 29.9. The van der Waals surface area contributed by atoms with Crippen LogP contribution in [0.25, 0.3) is 17.0 Å². The number of nitrogens with two attached hydrogens (primary N) is 1. The number of fused-ring (bicyclic) bond motifs is 1. The Morgan fingerprint density at radius 2 is 1.76 bits per heavy atom. The summed E-state index contributed by atoms with van der Waals surface area (Å²) in [7, 11) is 3.10. The molecule has 1 aromatic heterocycles. The summed E-state index contributed by atoms with van der Waals surface area (Å²) in [6.45, 7) is 11.8. The van der Waals surface area contributed by atoms with Gasteiger partial charge in [0.05, 0.1) is 17.8 Å². The number of likely N-dealkylation sites (tertiary alicyclic amines) is 1. The Bertz CT molecular complexity index is 1650. The summed E-state index contributed by atoms with van der Waals surface area (Å²) >= 11 is 0. The van der Waals surface area contributed by atoms with E-state index in [-0.39, 0.29) is 25.7 Å². The lowest BCUT2D eigenvalue weighted by atomic mass is 9.85. The number of allylic oxidation sites excluding steroid dienone is 1. The molecule has 3 amide bonds. The maximum absolute atomic E-state index is 14.2. The van der Waals surface area contributed by atoms with E-state index in [1.807, 2.05) is 65.8 Å². The zero-order valence-corrected chi connectivity index (χ0v) is 29.9. The highest BCUT2D eigenvalue weighted by Gasteiger charge is 2.86. The number of amides is 3. The largest absolute Gasteiger partial charge is 0.488 e. The van der Waals surface area contributed by atoms with Gasteiger partial charge in [-0.05, 0) is 80.9 Å². The van der Waals surface area contributed by atoms with Crippen molar-refractivity contribution < 1.29 is 38.1 Å². The van der Waals surface area contributed by atoms with Gasteiger partial charge >= 0.3 is 6.09 Å². The fraction of sp³-hybridized carbons (Fsp3) is 0.622. The van der Waals surface area contributed by atoms with E-state index in [4.69, 9.17) is 34.4 Å². The Labute approximate surface area is 288 Å². The molecule has 1 aromatic carbocycles. The van der Waals surface area contributed by atoms with Crippen LogP contribution in [0.1, 0.15) is 78.0 Å². The first-order chi connectivity index (χ1) is 23.1. The van der Waals surface area contributed by atoms with Crippen molar-refractivity contribution in [2.45, 2.75) is 104 Å². The van der Waals surface area contributed by atoms with Crippen molar-refractivity contribution in [1.29, 1.82) is 0 Å². The average molecular weight is 679 g/mol. The standard InChI is InChI=1S/C37H50N4O8/c1-20(2)11-22-12-28(25-9-10-27(21(3)30(25)39-22)47-17-29(45-7)46-8)48-23-13-26(32(38)42)41(16-23)33(43)31(35(4,5)6)40-34(44)49-24-14-36-18-37(36,15-24)19-36/h9-12,23-24,26,29,31H,13-19H2,1-8H3,(H2,38,42)(H,40,44)/t23?,24?,26-,31+,36?,37?/m0/s1. The molecule has 0 bridgehead atoms. The fourth-order valence-electron chi connectivity index (χ4n) is 8.01. The molecule has 0 radical (unpaired) electrons. The van der Waals surface area contributed by atoms with Crippen LogP contribution in [0.3, 0.4) is 0 Å². The molecule has 2 heterocycles. The lowest BCUT2D eigenvalue weighted by molar-refractivity contribution is -0.141. The number of hydrogen-bond acceptors (Lipinski definition) is 9. The molecule has 4 aliphatic rings. The van der Waals surface area contributed by atoms with Gasteiger partial charge in [0, 0.05) is 37.7 Å². The molecule has 0 spiro atoms. The van der Waals surface area contributed by atoms with Crippen LogP contribution in [0, 0.1) is 23.2 Å². The minimum atomic E-state index is -0.940. The Balaban J connectivity index is 1.21. The van der Waals surface area contributed by atoms with Crippen LogP contribution >= 0.6 is 0 Å². The van der Waals surface area contributed by atoms with Gasteiger partial charge in [-0.1, -0.05) is 26.3 Å². The molecule has 3 N–H and O–H groups in total. The van der Waals surface area contributed by atoms with E-state index < -0.39 is 47.8 Å². The average Bonchev–Trinajstić information content (AvgIpc) is 3.60. The molecule has 1 saturated heterocycles. The van der Waals surface area contributed by atoms with Crippen molar-refractivity contribution in [3.8, 4) is 11.5 Å². The zero-order chi connectivity index (χ0) is 35.5. The van der Waals surface area contributed by atoms with E-state index in [2.05, 4.69) is 5.32 Å². The summed E-state index contributed by atoms with van der Waals surface area (Å²) in [4.78, 5) is 46.3. The monoisotopic (exact) mass is 678 g/mol. The number of pyridine rings is 1. The summed E-state index contributed by atoms with van der Waals surface area (Å²) in [6, 6.07) is 3.74. The number of carbonyl (C=O) groups excluding carboxylic acids is 3. The van der Waals surface area contributed by atoms with Crippen LogP contribution in [0.15, 0.2) is 23.8 Å². The molecule has 266 valence electrons. The summed E-state index contributed by atoms with van der Waals surface area (Å²) in [5.74, 6) is 0.153. The van der Waals surface area contributed by atoms with E-state index in [1.54, 1.807) is 14.2 Å². The number of nitrogens with one attached hydrogen (secondary N) is 1. The van der Waals surface area contributed by atoms with Gasteiger partial charge in [-0.3, -0.25) is 9.59 Å². The fourth-order valence-corrected chi connectivity index (χ4v) is 8.01. The van der Waals surface area contributed by atoms with E-state index in [0.29, 0.717) is 33.5 Å². The highest BCUT2D eigenvalue weighted by Crippen LogP contribution is 2.93. The van der Waals surface area contributed by atoms with Crippen molar-refractivity contribution in [2.75, 3.05) is 27.4 Å². The molecule has 49 heavy (non-hydrogen) atoms. The van der Waals surface area contributed by atoms with Crippen LogP contribution in [0.4, 0.5) is 4.79 Å². The molecule has 3 saturated carbocycles. The minimum Gasteiger partial charge on any atom is -0.488 e. The van der Waals surface area contributed by atoms with Crippen LogP contribution < -0.4 is 20.5 Å². The van der Waals surface area contributed by atoms with Crippen molar-refractivity contribution in [2.24, 2.45) is 22.0 Å². The second-order valence-corrected chi connectivity index (χ2v) is 15.7. The highest BCUT2D eigenvalue weighted by molar-refractivity contribution is 5.92. The number of alkyl carbamates (subject to hydrolysis) is 1. The van der Waals surface area contributed by atoms with E-state index in [1.165, 1.54) is 17.7 Å². The van der Waals surface area contributed by atoms with Gasteiger partial charge in [-0.25, -0.2) is 9.78 Å². The Hall–Kier alpha value is -3.90. The first-order valence-electron chi connectivity index (χ1n) is 17.1. The molecule has 1 unspecified atom stereocenters. The molecular weight excluding hydrogens is 628 g/mol. The minimum absolute atomic E-state index is 0.112. The number of ether oxygens (including phenoxy) is 5. The van der Waals surface area contributed by atoms with Crippen LogP contribution in [0.2, 0.25) is 0 Å². The second-order valence-electron chi connectivity index (χ2n) is 15.7. The Morgan fingerprint density at radius 1 is 1.08 bits per heavy atom. The van der Waals surface area contributed by atoms with Crippen LogP contribution in [-0.4, -0.2) is 85.7 Å². The molecule has 3 aliphatic carbocycles. The molecule has 2 aromatic rings. The number of carbonyl (C=O) groups is 3. The molecular formula is C37H50N4O8. The third-order valence-corrected chi connectivity index (χ3v) is 10.8. The smallest absolute Gasteiger partial charge is 0.408 e. The van der Waals surface area contributed by atoms with Gasteiger partial charge < -0.3 is 39.6 Å². The SMILES string of the molecule is COC(COc1ccc2c(OC3C[C@@H](C(N)=O)N(C(=O)[C@@H](NC(=O)OC4CC56CC5(C4)C6)C(C)(C)C)C3)cc(C=C(C)C)nc2c1C)OC. The topological polar surface area (TPSA) is 152 Å². The number of methoxy groups -OCH3 is 2. The molecule has 4 fully saturated rings. The summed E-state index contributed by atoms with van der Waals surface area (Å²) < 4.78 is 28.9. The lowest BCUT2D eigenvalue weighted by Gasteiger charge is -2.35. The summed E-state index contributed by atoms with van der Waals surface area (Å²) in [5.41, 5.74) is 9.27. The van der Waals surface area contributed by atoms with Gasteiger partial charge in [0.1, 0.15) is 42.4 Å².